The minimum Gasteiger partial charge on any atom is -0.480 e. The zero-order valence-corrected chi connectivity index (χ0v) is 10.1. The van der Waals surface area contributed by atoms with Gasteiger partial charge in [0.2, 0.25) is 5.91 Å². The maximum absolute atomic E-state index is 10.9. The van der Waals surface area contributed by atoms with E-state index in [1.807, 2.05) is 0 Å². The summed E-state index contributed by atoms with van der Waals surface area (Å²) in [5.74, 6) is -1.65. The van der Waals surface area contributed by atoms with Crippen LogP contribution in [0.1, 0.15) is 12.8 Å². The van der Waals surface area contributed by atoms with Crippen molar-refractivity contribution in [1.82, 2.24) is 5.32 Å². The Labute approximate surface area is 109 Å². The van der Waals surface area contributed by atoms with Crippen LogP contribution < -0.4 is 22.5 Å². The van der Waals surface area contributed by atoms with Crippen LogP contribution in [0, 0.1) is 0 Å². The van der Waals surface area contributed by atoms with Crippen molar-refractivity contribution >= 4 is 17.8 Å². The molecule has 0 aromatic carbocycles. The summed E-state index contributed by atoms with van der Waals surface area (Å²) >= 11 is 0. The summed E-state index contributed by atoms with van der Waals surface area (Å²) in [5, 5.41) is 11.1. The number of nitrogens with one attached hydrogen (secondary N) is 1. The monoisotopic (exact) mass is 294 g/mol. The topological polar surface area (TPSA) is 157 Å². The Morgan fingerprint density at radius 3 is 2.35 bits per heavy atom. The predicted octanol–water partition coefficient (Wildman–Crippen LogP) is -2.43. The van der Waals surface area contributed by atoms with Gasteiger partial charge in [-0.05, 0) is 12.8 Å². The number of hydrogen-bond acceptors (Lipinski definition) is 4. The molecule has 0 aliphatic heterocycles. The van der Waals surface area contributed by atoms with Crippen molar-refractivity contribution in [3.63, 3.8) is 0 Å². The number of carbonyl (C=O) groups is 2. The molecule has 9 heteroatoms. The molecule has 0 spiro atoms. The van der Waals surface area contributed by atoms with Gasteiger partial charge in [0.25, 0.3) is 0 Å². The quantitative estimate of drug-likeness (QED) is 0.152. The first-order valence-electron chi connectivity index (χ1n) is 4.75. The molecule has 0 fully saturated rings. The fourth-order valence-electron chi connectivity index (χ4n) is 1.01. The normalized spacial score (nSPS) is 10.9. The van der Waals surface area contributed by atoms with Crippen molar-refractivity contribution < 1.29 is 31.8 Å². The molecule has 0 aromatic heterocycles. The fourth-order valence-corrected chi connectivity index (χ4v) is 1.01. The summed E-state index contributed by atoms with van der Waals surface area (Å²) in [4.78, 5) is 25.3. The first-order valence-corrected chi connectivity index (χ1v) is 4.75. The second-order valence-electron chi connectivity index (χ2n) is 3.11. The van der Waals surface area contributed by atoms with Gasteiger partial charge in [-0.2, -0.15) is 0 Å². The molecule has 0 rings (SSSR count). The molecule has 1 radical (unpaired) electrons. The molecule has 0 heterocycles. The van der Waals surface area contributed by atoms with E-state index < -0.39 is 17.9 Å². The van der Waals surface area contributed by atoms with Crippen LogP contribution in [0.4, 0.5) is 0 Å². The van der Waals surface area contributed by atoms with Crippen molar-refractivity contribution in [2.24, 2.45) is 22.2 Å². The van der Waals surface area contributed by atoms with Crippen LogP contribution in [0.2, 0.25) is 0 Å². The van der Waals surface area contributed by atoms with Crippen LogP contribution in [0.25, 0.3) is 0 Å². The zero-order valence-electron chi connectivity index (χ0n) is 9.15. The number of amides is 1. The number of rotatable bonds is 7. The Kier molecular flexibility index (Phi) is 10.5. The van der Waals surface area contributed by atoms with Crippen molar-refractivity contribution in [2.45, 2.75) is 18.9 Å². The maximum Gasteiger partial charge on any atom is 0.326 e. The van der Waals surface area contributed by atoms with E-state index in [0.717, 1.165) is 0 Å². The van der Waals surface area contributed by atoms with E-state index in [0.29, 0.717) is 13.0 Å². The van der Waals surface area contributed by atoms with Gasteiger partial charge in [0.1, 0.15) is 6.04 Å². The minimum absolute atomic E-state index is 0. The molecule has 0 saturated carbocycles. The average Bonchev–Trinajstić information content (AvgIpc) is 2.21. The molecule has 1 amide bonds. The number of guanidine groups is 1. The SMILES string of the molecule is NCC(=O)NC(CCCN=C(N)N)C(=O)O.[Cu]. The van der Waals surface area contributed by atoms with Gasteiger partial charge in [-0.1, -0.05) is 0 Å². The zero-order chi connectivity index (χ0) is 12.6. The molecule has 8 nitrogen and oxygen atoms in total. The number of hydrogen-bond donors (Lipinski definition) is 5. The third-order valence-electron chi connectivity index (χ3n) is 1.76. The van der Waals surface area contributed by atoms with Gasteiger partial charge in [0.05, 0.1) is 6.54 Å². The molecule has 0 aliphatic carbocycles. The summed E-state index contributed by atoms with van der Waals surface area (Å²) in [6.45, 7) is 0.0856. The molecule has 0 bridgehead atoms. The molecule has 0 aromatic rings. The predicted molar refractivity (Wildman–Crippen MR) is 58.5 cm³/mol. The van der Waals surface area contributed by atoms with Crippen molar-refractivity contribution in [1.29, 1.82) is 0 Å². The Morgan fingerprint density at radius 1 is 1.35 bits per heavy atom. The largest absolute Gasteiger partial charge is 0.480 e. The van der Waals surface area contributed by atoms with Crippen LogP contribution in [-0.4, -0.2) is 42.1 Å². The fraction of sp³-hybridized carbons (Fsp3) is 0.625. The van der Waals surface area contributed by atoms with E-state index in [2.05, 4.69) is 10.3 Å². The van der Waals surface area contributed by atoms with Crippen LogP contribution in [-0.2, 0) is 26.7 Å². The van der Waals surface area contributed by atoms with E-state index in [4.69, 9.17) is 22.3 Å². The number of carbonyl (C=O) groups excluding carboxylic acids is 1. The van der Waals surface area contributed by atoms with Gasteiger partial charge >= 0.3 is 5.97 Å². The number of aliphatic imine (C=N–C) groups is 1. The second-order valence-corrected chi connectivity index (χ2v) is 3.11. The first-order chi connectivity index (χ1) is 7.47. The van der Waals surface area contributed by atoms with Crippen LogP contribution >= 0.6 is 0 Å². The molecule has 103 valence electrons. The van der Waals surface area contributed by atoms with Gasteiger partial charge in [-0.3, -0.25) is 9.79 Å². The summed E-state index contributed by atoms with van der Waals surface area (Å²) in [7, 11) is 0. The van der Waals surface area contributed by atoms with Gasteiger partial charge in [-0.15, -0.1) is 0 Å². The van der Waals surface area contributed by atoms with Crippen molar-refractivity contribution in [3.8, 4) is 0 Å². The van der Waals surface area contributed by atoms with E-state index in [-0.39, 0.29) is 36.0 Å². The molecule has 8 N–H and O–H groups in total. The Bertz CT molecular complexity index is 280. The Morgan fingerprint density at radius 2 is 1.94 bits per heavy atom. The number of carboxylic acids is 1. The Balaban J connectivity index is 0. The second kappa shape index (κ2) is 9.88. The third-order valence-corrected chi connectivity index (χ3v) is 1.76. The first kappa shape index (κ1) is 18.1. The van der Waals surface area contributed by atoms with E-state index in [9.17, 15) is 9.59 Å². The molecule has 0 saturated heterocycles. The smallest absolute Gasteiger partial charge is 0.326 e. The van der Waals surface area contributed by atoms with E-state index in [1.165, 1.54) is 0 Å². The maximum atomic E-state index is 10.9. The average molecular weight is 295 g/mol. The summed E-state index contributed by atoms with van der Waals surface area (Å²) in [5.41, 5.74) is 15.2. The molecular formula is C8H17CuN5O3. The van der Waals surface area contributed by atoms with Gasteiger partial charge in [0.15, 0.2) is 5.96 Å². The molecule has 17 heavy (non-hydrogen) atoms. The number of nitrogens with two attached hydrogens (primary N) is 3. The van der Waals surface area contributed by atoms with Crippen LogP contribution in [0.15, 0.2) is 4.99 Å². The van der Waals surface area contributed by atoms with Crippen molar-refractivity contribution in [3.05, 3.63) is 0 Å². The minimum atomic E-state index is -1.11. The molecule has 0 aliphatic rings. The van der Waals surface area contributed by atoms with Crippen LogP contribution in [0.3, 0.4) is 0 Å². The number of carboxylic acid groups (broad SMARTS) is 1. The number of nitrogens with zero attached hydrogens (tertiary/aromatic N) is 1. The standard InChI is InChI=1S/C8H17N5O3.Cu/c9-4-6(14)13-5(7(15)16)2-1-3-12-8(10)11;/h5H,1-4,9H2,(H,13,14)(H,15,16)(H4,10,11,12);. The molecular weight excluding hydrogens is 278 g/mol. The summed E-state index contributed by atoms with van der Waals surface area (Å²) in [6.07, 6.45) is 0.706. The Hall–Kier alpha value is -1.31. The van der Waals surface area contributed by atoms with Gasteiger partial charge in [0, 0.05) is 23.6 Å². The molecule has 1 atom stereocenters. The third kappa shape index (κ3) is 9.61. The van der Waals surface area contributed by atoms with E-state index >= 15 is 0 Å². The molecule has 1 unspecified atom stereocenters. The van der Waals surface area contributed by atoms with Crippen molar-refractivity contribution in [2.75, 3.05) is 13.1 Å². The van der Waals surface area contributed by atoms with Gasteiger partial charge < -0.3 is 27.6 Å². The van der Waals surface area contributed by atoms with E-state index in [1.54, 1.807) is 0 Å². The number of aliphatic carboxylic acids is 1. The summed E-state index contributed by atoms with van der Waals surface area (Å²) in [6, 6.07) is -0.953. The van der Waals surface area contributed by atoms with Crippen LogP contribution in [0.5, 0.6) is 0 Å². The van der Waals surface area contributed by atoms with Gasteiger partial charge in [-0.25, -0.2) is 4.79 Å². The summed E-state index contributed by atoms with van der Waals surface area (Å²) < 4.78 is 0.